The number of hydrogen-bond acceptors (Lipinski definition) is 4. The first-order valence-corrected chi connectivity index (χ1v) is 6.13. The van der Waals surface area contributed by atoms with Crippen molar-refractivity contribution in [1.29, 1.82) is 0 Å². The number of ether oxygens (including phenoxy) is 1. The number of benzene rings is 2. The van der Waals surface area contributed by atoms with Gasteiger partial charge in [-0.05, 0) is 31.2 Å². The summed E-state index contributed by atoms with van der Waals surface area (Å²) in [6.45, 7) is 1.51. The van der Waals surface area contributed by atoms with Crippen LogP contribution in [0, 0.1) is 0 Å². The summed E-state index contributed by atoms with van der Waals surface area (Å²) >= 11 is 0. The second-order valence-electron chi connectivity index (χ2n) is 4.26. The number of rotatable bonds is 4. The van der Waals surface area contributed by atoms with Crippen LogP contribution in [0.3, 0.4) is 0 Å². The van der Waals surface area contributed by atoms with Gasteiger partial charge >= 0.3 is 0 Å². The molecule has 0 fully saturated rings. The molecule has 2 rings (SSSR count). The van der Waals surface area contributed by atoms with Gasteiger partial charge in [-0.15, -0.1) is 0 Å². The van der Waals surface area contributed by atoms with Crippen LogP contribution in [0.25, 0.3) is 0 Å². The Kier molecular flexibility index (Phi) is 4.15. The van der Waals surface area contributed by atoms with E-state index in [4.69, 9.17) is 4.74 Å². The van der Waals surface area contributed by atoms with E-state index in [1.807, 2.05) is 0 Å². The zero-order chi connectivity index (χ0) is 14.5. The van der Waals surface area contributed by atoms with Crippen molar-refractivity contribution >= 4 is 17.7 Å². The first-order valence-electron chi connectivity index (χ1n) is 6.13. The smallest absolute Gasteiger partial charge is 0.166 e. The molecule has 0 aromatic heterocycles. The summed E-state index contributed by atoms with van der Waals surface area (Å²) in [5.74, 6) is 0.430. The van der Waals surface area contributed by atoms with Crippen LogP contribution in [-0.2, 0) is 0 Å². The molecule has 0 atom stereocenters. The van der Waals surface area contributed by atoms with E-state index in [0.717, 1.165) is 0 Å². The first kappa shape index (κ1) is 13.8. The predicted octanol–water partition coefficient (Wildman–Crippen LogP) is 3.35. The molecule has 4 heteroatoms. The van der Waals surface area contributed by atoms with E-state index in [9.17, 15) is 9.90 Å². The second-order valence-corrected chi connectivity index (χ2v) is 4.26. The largest absolute Gasteiger partial charge is 0.504 e. The fraction of sp³-hybridized carbons (Fsp3) is 0.125. The number of carbonyl (C=O) groups excluding carboxylic acids is 1. The summed E-state index contributed by atoms with van der Waals surface area (Å²) in [6, 6.07) is 12.2. The summed E-state index contributed by atoms with van der Waals surface area (Å²) in [5.41, 5.74) is 1.81. The fourth-order valence-corrected chi connectivity index (χ4v) is 1.76. The molecule has 0 unspecified atom stereocenters. The van der Waals surface area contributed by atoms with E-state index in [-0.39, 0.29) is 11.5 Å². The molecule has 1 N–H and O–H groups in total. The molecule has 0 radical (unpaired) electrons. The van der Waals surface area contributed by atoms with Gasteiger partial charge in [0.2, 0.25) is 0 Å². The van der Waals surface area contributed by atoms with E-state index in [1.54, 1.807) is 42.5 Å². The average molecular weight is 269 g/mol. The first-order chi connectivity index (χ1) is 9.61. The van der Waals surface area contributed by atoms with Crippen LogP contribution in [-0.4, -0.2) is 24.2 Å². The van der Waals surface area contributed by atoms with Crippen molar-refractivity contribution in [2.45, 2.75) is 6.92 Å². The Bertz CT molecular complexity index is 663. The molecular weight excluding hydrogens is 254 g/mol. The summed E-state index contributed by atoms with van der Waals surface area (Å²) in [7, 11) is 1.49. The molecule has 0 aliphatic heterocycles. The minimum atomic E-state index is -0.00808. The molecule has 2 aromatic carbocycles. The number of aromatic hydroxyl groups is 1. The highest BCUT2D eigenvalue weighted by atomic mass is 16.5. The zero-order valence-corrected chi connectivity index (χ0v) is 11.3. The van der Waals surface area contributed by atoms with Gasteiger partial charge in [-0.1, -0.05) is 18.2 Å². The molecule has 0 saturated heterocycles. The molecule has 20 heavy (non-hydrogen) atoms. The van der Waals surface area contributed by atoms with Crippen LogP contribution >= 0.6 is 0 Å². The monoisotopic (exact) mass is 269 g/mol. The van der Waals surface area contributed by atoms with Gasteiger partial charge in [0.25, 0.3) is 0 Å². The topological polar surface area (TPSA) is 58.9 Å². The Labute approximate surface area is 117 Å². The molecule has 0 saturated carbocycles. The second kappa shape index (κ2) is 6.02. The number of para-hydroxylation sites is 1. The lowest BCUT2D eigenvalue weighted by molar-refractivity contribution is 0.101. The average Bonchev–Trinajstić information content (AvgIpc) is 2.46. The number of methoxy groups -OCH3 is 1. The van der Waals surface area contributed by atoms with Crippen LogP contribution in [0.2, 0.25) is 0 Å². The van der Waals surface area contributed by atoms with Gasteiger partial charge < -0.3 is 9.84 Å². The fourth-order valence-electron chi connectivity index (χ4n) is 1.76. The SMILES string of the molecule is COc1cccc(C=Nc2cccc(C(C)=O)c2)c1O. The number of ketones is 1. The Hall–Kier alpha value is -2.62. The number of nitrogens with zero attached hydrogens (tertiary/aromatic N) is 1. The summed E-state index contributed by atoms with van der Waals surface area (Å²) in [5, 5.41) is 9.94. The normalized spacial score (nSPS) is 10.7. The van der Waals surface area contributed by atoms with Gasteiger partial charge in [0.1, 0.15) is 0 Å². The Balaban J connectivity index is 2.30. The maximum Gasteiger partial charge on any atom is 0.166 e. The Morgan fingerprint density at radius 3 is 2.70 bits per heavy atom. The van der Waals surface area contributed by atoms with Crippen LogP contribution in [0.5, 0.6) is 11.5 Å². The van der Waals surface area contributed by atoms with Crippen molar-refractivity contribution in [3.63, 3.8) is 0 Å². The maximum absolute atomic E-state index is 11.3. The number of phenolic OH excluding ortho intramolecular Hbond substituents is 1. The molecule has 0 heterocycles. The van der Waals surface area contributed by atoms with Gasteiger partial charge in [0.05, 0.1) is 12.8 Å². The van der Waals surface area contributed by atoms with Crippen LogP contribution in [0.4, 0.5) is 5.69 Å². The highest BCUT2D eigenvalue weighted by Crippen LogP contribution is 2.28. The molecule has 0 aliphatic carbocycles. The van der Waals surface area contributed by atoms with Gasteiger partial charge in [-0.25, -0.2) is 0 Å². The maximum atomic E-state index is 11.3. The molecule has 4 nitrogen and oxygen atoms in total. The Morgan fingerprint density at radius 2 is 2.00 bits per heavy atom. The van der Waals surface area contributed by atoms with E-state index < -0.39 is 0 Å². The number of phenols is 1. The van der Waals surface area contributed by atoms with Crippen molar-refractivity contribution in [3.8, 4) is 11.5 Å². The highest BCUT2D eigenvalue weighted by Gasteiger charge is 2.05. The lowest BCUT2D eigenvalue weighted by Gasteiger charge is -2.05. The van der Waals surface area contributed by atoms with E-state index in [2.05, 4.69) is 4.99 Å². The predicted molar refractivity (Wildman–Crippen MR) is 78.4 cm³/mol. The standard InChI is InChI=1S/C16H15NO3/c1-11(18)12-5-3-7-14(9-12)17-10-13-6-4-8-15(20-2)16(13)19/h3-10,19H,1-2H3. The van der Waals surface area contributed by atoms with E-state index in [0.29, 0.717) is 22.6 Å². The third-order valence-electron chi connectivity index (χ3n) is 2.86. The van der Waals surface area contributed by atoms with Crippen molar-refractivity contribution in [3.05, 3.63) is 53.6 Å². The van der Waals surface area contributed by atoms with Crippen LogP contribution in [0.1, 0.15) is 22.8 Å². The third-order valence-corrected chi connectivity index (χ3v) is 2.86. The molecule has 0 amide bonds. The van der Waals surface area contributed by atoms with Crippen molar-refractivity contribution in [1.82, 2.24) is 0 Å². The van der Waals surface area contributed by atoms with Gasteiger partial charge in [-0.3, -0.25) is 9.79 Å². The van der Waals surface area contributed by atoms with Gasteiger partial charge in [0.15, 0.2) is 17.3 Å². The van der Waals surface area contributed by atoms with Crippen LogP contribution in [0.15, 0.2) is 47.5 Å². The minimum Gasteiger partial charge on any atom is -0.504 e. The molecule has 2 aromatic rings. The lowest BCUT2D eigenvalue weighted by Crippen LogP contribution is -1.90. The molecular formula is C16H15NO3. The Morgan fingerprint density at radius 1 is 1.25 bits per heavy atom. The minimum absolute atomic E-state index is 0.00808. The van der Waals surface area contributed by atoms with Crippen molar-refractivity contribution < 1.29 is 14.6 Å². The number of hydrogen-bond donors (Lipinski definition) is 1. The summed E-state index contributed by atoms with van der Waals surface area (Å²) in [6.07, 6.45) is 1.54. The molecule has 102 valence electrons. The van der Waals surface area contributed by atoms with Gasteiger partial charge in [-0.2, -0.15) is 0 Å². The number of aliphatic imine (C=N–C) groups is 1. The summed E-state index contributed by atoms with van der Waals surface area (Å²) < 4.78 is 5.03. The quantitative estimate of drug-likeness (QED) is 0.684. The third kappa shape index (κ3) is 3.03. The number of Topliss-reactive ketones (excluding diaryl/α,β-unsaturated/α-hetero) is 1. The van der Waals surface area contributed by atoms with Crippen molar-refractivity contribution in [2.24, 2.45) is 4.99 Å². The van der Waals surface area contributed by atoms with Crippen LogP contribution < -0.4 is 4.74 Å². The highest BCUT2D eigenvalue weighted by molar-refractivity contribution is 5.95. The van der Waals surface area contributed by atoms with E-state index >= 15 is 0 Å². The molecule has 0 spiro atoms. The summed E-state index contributed by atoms with van der Waals surface area (Å²) in [4.78, 5) is 15.6. The van der Waals surface area contributed by atoms with Gasteiger partial charge in [0, 0.05) is 17.3 Å². The molecule has 0 bridgehead atoms. The lowest BCUT2D eigenvalue weighted by atomic mass is 10.1. The molecule has 0 aliphatic rings. The van der Waals surface area contributed by atoms with Crippen molar-refractivity contribution in [2.75, 3.05) is 7.11 Å². The number of carbonyl (C=O) groups is 1. The van der Waals surface area contributed by atoms with E-state index in [1.165, 1.54) is 20.2 Å². The zero-order valence-electron chi connectivity index (χ0n) is 11.3.